The normalized spacial score (nSPS) is 9.75. The minimum atomic E-state index is 0.463. The number of rotatable bonds is 7. The molecule has 0 atom stereocenters. The van der Waals surface area contributed by atoms with Crippen LogP contribution in [0.15, 0.2) is 18.3 Å². The first-order valence-corrected chi connectivity index (χ1v) is 6.85. The summed E-state index contributed by atoms with van der Waals surface area (Å²) in [7, 11) is 0. The molecule has 0 aromatic carbocycles. The molecule has 0 aliphatic heterocycles. The molecule has 1 N–H and O–H groups in total. The van der Waals surface area contributed by atoms with Crippen molar-refractivity contribution in [3.05, 3.63) is 24.0 Å². The molecule has 0 unspecified atom stereocenters. The quantitative estimate of drug-likeness (QED) is 0.738. The van der Waals surface area contributed by atoms with Gasteiger partial charge in [-0.05, 0) is 37.0 Å². The largest absolute Gasteiger partial charge is 0.384 e. The fourth-order valence-corrected chi connectivity index (χ4v) is 1.84. The van der Waals surface area contributed by atoms with Gasteiger partial charge in [0.1, 0.15) is 11.8 Å². The number of anilines is 1. The first-order valence-electron chi connectivity index (χ1n) is 5.46. The third kappa shape index (κ3) is 5.04. The molecule has 0 aliphatic carbocycles. The zero-order valence-electron chi connectivity index (χ0n) is 9.57. The summed E-state index contributed by atoms with van der Waals surface area (Å²) in [5.41, 5.74) is 1.45. The van der Waals surface area contributed by atoms with Gasteiger partial charge < -0.3 is 5.32 Å². The van der Waals surface area contributed by atoms with Crippen molar-refractivity contribution in [1.82, 2.24) is 4.98 Å². The van der Waals surface area contributed by atoms with E-state index in [0.717, 1.165) is 12.2 Å². The Morgan fingerprint density at radius 3 is 2.88 bits per heavy atom. The molecule has 0 aliphatic rings. The number of hydrogen-bond acceptors (Lipinski definition) is 4. The SMILES string of the molecule is CSCCCCCNc1ccc(C#N)nc1. The molecule has 3 nitrogen and oxygen atoms in total. The predicted octanol–water partition coefficient (Wildman–Crippen LogP) is 2.90. The molecular weight excluding hydrogens is 218 g/mol. The summed E-state index contributed by atoms with van der Waals surface area (Å²) < 4.78 is 0. The predicted molar refractivity (Wildman–Crippen MR) is 69.7 cm³/mol. The van der Waals surface area contributed by atoms with Crippen LogP contribution in [0.5, 0.6) is 0 Å². The molecule has 16 heavy (non-hydrogen) atoms. The number of thioether (sulfide) groups is 1. The highest BCUT2D eigenvalue weighted by molar-refractivity contribution is 7.98. The van der Waals surface area contributed by atoms with Crippen LogP contribution in [0.4, 0.5) is 5.69 Å². The monoisotopic (exact) mass is 235 g/mol. The Morgan fingerprint density at radius 2 is 2.25 bits per heavy atom. The van der Waals surface area contributed by atoms with Crippen molar-refractivity contribution in [3.63, 3.8) is 0 Å². The minimum absolute atomic E-state index is 0.463. The van der Waals surface area contributed by atoms with Crippen LogP contribution in [0.1, 0.15) is 25.0 Å². The van der Waals surface area contributed by atoms with Crippen LogP contribution in [-0.2, 0) is 0 Å². The standard InChI is InChI=1S/C12H17N3S/c1-16-8-4-2-3-7-14-12-6-5-11(9-13)15-10-12/h5-6,10,14H,2-4,7-8H2,1H3. The second kappa shape index (κ2) is 8.00. The zero-order chi connectivity index (χ0) is 11.6. The highest BCUT2D eigenvalue weighted by Gasteiger charge is 1.94. The van der Waals surface area contributed by atoms with Gasteiger partial charge in [-0.3, -0.25) is 0 Å². The van der Waals surface area contributed by atoms with Gasteiger partial charge in [0, 0.05) is 6.54 Å². The third-order valence-electron chi connectivity index (χ3n) is 2.23. The smallest absolute Gasteiger partial charge is 0.140 e. The van der Waals surface area contributed by atoms with E-state index >= 15 is 0 Å². The maximum atomic E-state index is 8.59. The van der Waals surface area contributed by atoms with E-state index < -0.39 is 0 Å². The molecule has 1 aromatic rings. The number of nitrogens with zero attached hydrogens (tertiary/aromatic N) is 2. The molecule has 4 heteroatoms. The Kier molecular flexibility index (Phi) is 6.43. The van der Waals surface area contributed by atoms with Gasteiger partial charge in [-0.1, -0.05) is 6.42 Å². The Balaban J connectivity index is 2.15. The number of nitrogens with one attached hydrogen (secondary N) is 1. The van der Waals surface area contributed by atoms with Gasteiger partial charge >= 0.3 is 0 Å². The number of aromatic nitrogens is 1. The average Bonchev–Trinajstić information content (AvgIpc) is 2.34. The molecule has 0 fully saturated rings. The Hall–Kier alpha value is -1.21. The number of hydrogen-bond donors (Lipinski definition) is 1. The first-order chi connectivity index (χ1) is 7.86. The van der Waals surface area contributed by atoms with Crippen LogP contribution in [0, 0.1) is 11.3 Å². The second-order valence-corrected chi connectivity index (χ2v) is 4.51. The van der Waals surface area contributed by atoms with Crippen molar-refractivity contribution < 1.29 is 0 Å². The molecule has 1 heterocycles. The molecule has 0 radical (unpaired) electrons. The lowest BCUT2D eigenvalue weighted by atomic mass is 10.2. The molecule has 0 saturated carbocycles. The number of nitriles is 1. The van der Waals surface area contributed by atoms with Crippen molar-refractivity contribution >= 4 is 17.4 Å². The minimum Gasteiger partial charge on any atom is -0.384 e. The summed E-state index contributed by atoms with van der Waals surface area (Å²) in [5, 5.41) is 11.9. The van der Waals surface area contributed by atoms with Gasteiger partial charge in [-0.25, -0.2) is 4.98 Å². The van der Waals surface area contributed by atoms with Crippen molar-refractivity contribution in [2.45, 2.75) is 19.3 Å². The van der Waals surface area contributed by atoms with Gasteiger partial charge in [0.15, 0.2) is 0 Å². The molecule has 0 spiro atoms. The van der Waals surface area contributed by atoms with Crippen molar-refractivity contribution in [2.75, 3.05) is 23.9 Å². The van der Waals surface area contributed by atoms with Crippen molar-refractivity contribution in [1.29, 1.82) is 5.26 Å². The Labute approximate surface area is 101 Å². The van der Waals surface area contributed by atoms with Crippen LogP contribution >= 0.6 is 11.8 Å². The van der Waals surface area contributed by atoms with Gasteiger partial charge in [0.2, 0.25) is 0 Å². The molecule has 86 valence electrons. The number of pyridine rings is 1. The van der Waals surface area contributed by atoms with E-state index in [0.29, 0.717) is 5.69 Å². The first kappa shape index (κ1) is 12.9. The Bertz CT molecular complexity index is 329. The van der Waals surface area contributed by atoms with Gasteiger partial charge in [-0.2, -0.15) is 17.0 Å². The van der Waals surface area contributed by atoms with E-state index in [-0.39, 0.29) is 0 Å². The summed E-state index contributed by atoms with van der Waals surface area (Å²) in [6.45, 7) is 0.974. The summed E-state index contributed by atoms with van der Waals surface area (Å²) >= 11 is 1.90. The van der Waals surface area contributed by atoms with E-state index in [1.54, 1.807) is 12.3 Å². The fraction of sp³-hybridized carbons (Fsp3) is 0.500. The molecule has 0 saturated heterocycles. The molecule has 0 bridgehead atoms. The summed E-state index contributed by atoms with van der Waals surface area (Å²) in [5.74, 6) is 1.25. The van der Waals surface area contributed by atoms with E-state index in [1.807, 2.05) is 23.9 Å². The average molecular weight is 235 g/mol. The van der Waals surface area contributed by atoms with Crippen LogP contribution in [0.2, 0.25) is 0 Å². The lowest BCUT2D eigenvalue weighted by Crippen LogP contribution is -2.02. The highest BCUT2D eigenvalue weighted by atomic mass is 32.2. The van der Waals surface area contributed by atoms with Crippen molar-refractivity contribution in [2.24, 2.45) is 0 Å². The van der Waals surface area contributed by atoms with Crippen molar-refractivity contribution in [3.8, 4) is 6.07 Å². The maximum absolute atomic E-state index is 8.59. The lowest BCUT2D eigenvalue weighted by molar-refractivity contribution is 0.749. The van der Waals surface area contributed by atoms with E-state index in [1.165, 1.54) is 25.0 Å². The third-order valence-corrected chi connectivity index (χ3v) is 2.93. The highest BCUT2D eigenvalue weighted by Crippen LogP contribution is 2.07. The van der Waals surface area contributed by atoms with Crippen LogP contribution in [0.3, 0.4) is 0 Å². The summed E-state index contributed by atoms with van der Waals surface area (Å²) in [6, 6.07) is 5.63. The van der Waals surface area contributed by atoms with E-state index in [4.69, 9.17) is 5.26 Å². The van der Waals surface area contributed by atoms with Gasteiger partial charge in [-0.15, -0.1) is 0 Å². The summed E-state index contributed by atoms with van der Waals surface area (Å²) in [6.07, 6.45) is 7.58. The molecule has 0 amide bonds. The van der Waals surface area contributed by atoms with Gasteiger partial charge in [0.05, 0.1) is 11.9 Å². The van der Waals surface area contributed by atoms with Crippen LogP contribution in [0.25, 0.3) is 0 Å². The molecular formula is C12H17N3S. The molecule has 1 rings (SSSR count). The van der Waals surface area contributed by atoms with E-state index in [9.17, 15) is 0 Å². The van der Waals surface area contributed by atoms with Crippen LogP contribution < -0.4 is 5.32 Å². The lowest BCUT2D eigenvalue weighted by Gasteiger charge is -2.05. The number of unbranched alkanes of at least 4 members (excludes halogenated alkanes) is 2. The fourth-order valence-electron chi connectivity index (χ4n) is 1.35. The second-order valence-electron chi connectivity index (χ2n) is 3.52. The van der Waals surface area contributed by atoms with Crippen LogP contribution in [-0.4, -0.2) is 23.5 Å². The summed E-state index contributed by atoms with van der Waals surface area (Å²) in [4.78, 5) is 4.00. The maximum Gasteiger partial charge on any atom is 0.140 e. The molecule has 1 aromatic heterocycles. The van der Waals surface area contributed by atoms with E-state index in [2.05, 4.69) is 16.6 Å². The zero-order valence-corrected chi connectivity index (χ0v) is 10.4. The topological polar surface area (TPSA) is 48.7 Å². The van der Waals surface area contributed by atoms with Gasteiger partial charge in [0.25, 0.3) is 0 Å². The Morgan fingerprint density at radius 1 is 1.38 bits per heavy atom.